The largest absolute Gasteiger partial charge is 0.490 e. The second kappa shape index (κ2) is 8.01. The highest BCUT2D eigenvalue weighted by Gasteiger charge is 2.02. The van der Waals surface area contributed by atoms with Gasteiger partial charge < -0.3 is 15.4 Å². The Kier molecular flexibility index (Phi) is 6.04. The van der Waals surface area contributed by atoms with Gasteiger partial charge in [-0.3, -0.25) is 0 Å². The Morgan fingerprint density at radius 3 is 2.68 bits per heavy atom. The van der Waals surface area contributed by atoms with Crippen molar-refractivity contribution in [1.82, 2.24) is 5.32 Å². The number of anilines is 1. The summed E-state index contributed by atoms with van der Waals surface area (Å²) in [5.74, 6) is 0.680. The summed E-state index contributed by atoms with van der Waals surface area (Å²) >= 11 is 11.3. The Labute approximate surface area is 141 Å². The maximum absolute atomic E-state index is 6.02. The Bertz CT molecular complexity index is 661. The van der Waals surface area contributed by atoms with E-state index in [1.165, 1.54) is 5.56 Å². The molecule has 0 bridgehead atoms. The smallest absolute Gasteiger partial charge is 0.170 e. The van der Waals surface area contributed by atoms with Crippen LogP contribution in [-0.4, -0.2) is 18.3 Å². The quantitative estimate of drug-likeness (QED) is 0.630. The van der Waals surface area contributed by atoms with Crippen LogP contribution in [0, 0.1) is 13.8 Å². The number of ether oxygens (including phenoxy) is 1. The monoisotopic (exact) mass is 334 g/mol. The van der Waals surface area contributed by atoms with E-state index in [9.17, 15) is 0 Å². The molecule has 0 amide bonds. The second-order valence-corrected chi connectivity index (χ2v) is 5.79. The molecule has 0 saturated carbocycles. The minimum atomic E-state index is 0.485. The number of rotatable bonds is 5. The molecule has 0 aliphatic heterocycles. The van der Waals surface area contributed by atoms with Gasteiger partial charge in [0.15, 0.2) is 5.11 Å². The SMILES string of the molecule is Cc1ccc(NC(=S)NCCOc2ccccc2Cl)c(C)c1. The molecule has 0 heterocycles. The van der Waals surface area contributed by atoms with Gasteiger partial charge in [-0.15, -0.1) is 0 Å². The van der Waals surface area contributed by atoms with Crippen LogP contribution < -0.4 is 15.4 Å². The number of aryl methyl sites for hydroxylation is 2. The van der Waals surface area contributed by atoms with Crippen LogP contribution in [0.15, 0.2) is 42.5 Å². The fraction of sp³-hybridized carbons (Fsp3) is 0.235. The van der Waals surface area contributed by atoms with Gasteiger partial charge in [-0.2, -0.15) is 0 Å². The molecule has 2 rings (SSSR count). The number of hydrogen-bond donors (Lipinski definition) is 2. The van der Waals surface area contributed by atoms with Gasteiger partial charge in [0, 0.05) is 5.69 Å². The number of para-hydroxylation sites is 1. The number of thiocarbonyl (C=S) groups is 1. The van der Waals surface area contributed by atoms with E-state index in [0.29, 0.717) is 29.0 Å². The van der Waals surface area contributed by atoms with Crippen LogP contribution in [0.4, 0.5) is 5.69 Å². The van der Waals surface area contributed by atoms with Crippen molar-refractivity contribution < 1.29 is 4.74 Å². The van der Waals surface area contributed by atoms with E-state index >= 15 is 0 Å². The maximum atomic E-state index is 6.02. The summed E-state index contributed by atoms with van der Waals surface area (Å²) in [7, 11) is 0. The fourth-order valence-electron chi connectivity index (χ4n) is 2.01. The molecule has 0 aliphatic rings. The first-order valence-corrected chi connectivity index (χ1v) is 7.84. The molecule has 0 radical (unpaired) electrons. The molecule has 2 N–H and O–H groups in total. The number of benzene rings is 2. The van der Waals surface area contributed by atoms with Gasteiger partial charge in [0.25, 0.3) is 0 Å². The van der Waals surface area contributed by atoms with Crippen molar-refractivity contribution in [2.24, 2.45) is 0 Å². The summed E-state index contributed by atoms with van der Waals surface area (Å²) in [4.78, 5) is 0. The van der Waals surface area contributed by atoms with Crippen molar-refractivity contribution in [1.29, 1.82) is 0 Å². The topological polar surface area (TPSA) is 33.3 Å². The highest BCUT2D eigenvalue weighted by Crippen LogP contribution is 2.22. The predicted molar refractivity (Wildman–Crippen MR) is 97.1 cm³/mol. The van der Waals surface area contributed by atoms with Crippen molar-refractivity contribution in [2.45, 2.75) is 13.8 Å². The molecule has 2 aromatic rings. The number of nitrogens with one attached hydrogen (secondary N) is 2. The van der Waals surface area contributed by atoms with Crippen LogP contribution in [-0.2, 0) is 0 Å². The molecule has 116 valence electrons. The van der Waals surface area contributed by atoms with Crippen molar-refractivity contribution >= 4 is 34.6 Å². The highest BCUT2D eigenvalue weighted by atomic mass is 35.5. The van der Waals surface area contributed by atoms with Crippen LogP contribution in [0.25, 0.3) is 0 Å². The lowest BCUT2D eigenvalue weighted by Gasteiger charge is -2.13. The Morgan fingerprint density at radius 1 is 1.18 bits per heavy atom. The molecule has 5 heteroatoms. The van der Waals surface area contributed by atoms with E-state index in [1.807, 2.05) is 24.3 Å². The average Bonchev–Trinajstić information content (AvgIpc) is 2.48. The first-order chi connectivity index (χ1) is 10.6. The maximum Gasteiger partial charge on any atom is 0.170 e. The molecule has 0 saturated heterocycles. The predicted octanol–water partition coefficient (Wildman–Crippen LogP) is 4.32. The van der Waals surface area contributed by atoms with Gasteiger partial charge in [-0.05, 0) is 49.8 Å². The van der Waals surface area contributed by atoms with Gasteiger partial charge in [0.2, 0.25) is 0 Å². The summed E-state index contributed by atoms with van der Waals surface area (Å²) in [5.41, 5.74) is 3.40. The summed E-state index contributed by atoms with van der Waals surface area (Å²) in [5, 5.41) is 7.49. The Morgan fingerprint density at radius 2 is 1.95 bits per heavy atom. The zero-order valence-corrected chi connectivity index (χ0v) is 14.2. The van der Waals surface area contributed by atoms with E-state index in [-0.39, 0.29) is 0 Å². The van der Waals surface area contributed by atoms with E-state index in [0.717, 1.165) is 11.3 Å². The van der Waals surface area contributed by atoms with Crippen molar-refractivity contribution in [3.05, 3.63) is 58.6 Å². The minimum Gasteiger partial charge on any atom is -0.490 e. The Balaban J connectivity index is 1.75. The molecule has 2 aromatic carbocycles. The zero-order chi connectivity index (χ0) is 15.9. The normalized spacial score (nSPS) is 10.1. The standard InChI is InChI=1S/C17H19ClN2OS/c1-12-7-8-15(13(2)11-12)20-17(22)19-9-10-21-16-6-4-3-5-14(16)18/h3-8,11H,9-10H2,1-2H3,(H2,19,20,22). The van der Waals surface area contributed by atoms with Crippen LogP contribution in [0.5, 0.6) is 5.75 Å². The van der Waals surface area contributed by atoms with Crippen LogP contribution in [0.3, 0.4) is 0 Å². The lowest BCUT2D eigenvalue weighted by atomic mass is 10.1. The summed E-state index contributed by atoms with van der Waals surface area (Å²) in [6, 6.07) is 13.6. The average molecular weight is 335 g/mol. The van der Waals surface area contributed by atoms with Gasteiger partial charge in [-0.1, -0.05) is 41.4 Å². The molecule has 22 heavy (non-hydrogen) atoms. The van der Waals surface area contributed by atoms with Crippen LogP contribution >= 0.6 is 23.8 Å². The molecule has 0 atom stereocenters. The zero-order valence-electron chi connectivity index (χ0n) is 12.7. The number of hydrogen-bond acceptors (Lipinski definition) is 2. The summed E-state index contributed by atoms with van der Waals surface area (Å²) in [6.45, 7) is 5.21. The summed E-state index contributed by atoms with van der Waals surface area (Å²) < 4.78 is 5.59. The third-order valence-corrected chi connectivity index (χ3v) is 3.67. The van der Waals surface area contributed by atoms with E-state index < -0.39 is 0 Å². The van der Waals surface area contributed by atoms with E-state index in [2.05, 4.69) is 36.6 Å². The number of halogens is 1. The molecule has 3 nitrogen and oxygen atoms in total. The van der Waals surface area contributed by atoms with Crippen molar-refractivity contribution in [3.63, 3.8) is 0 Å². The first kappa shape index (κ1) is 16.6. The first-order valence-electron chi connectivity index (χ1n) is 7.05. The lowest BCUT2D eigenvalue weighted by molar-refractivity contribution is 0.323. The minimum absolute atomic E-state index is 0.485. The second-order valence-electron chi connectivity index (χ2n) is 4.98. The third-order valence-electron chi connectivity index (χ3n) is 3.11. The molecular weight excluding hydrogens is 316 g/mol. The van der Waals surface area contributed by atoms with Gasteiger partial charge in [-0.25, -0.2) is 0 Å². The highest BCUT2D eigenvalue weighted by molar-refractivity contribution is 7.80. The fourth-order valence-corrected chi connectivity index (χ4v) is 2.41. The van der Waals surface area contributed by atoms with Gasteiger partial charge in [0.1, 0.15) is 12.4 Å². The molecule has 0 aromatic heterocycles. The van der Waals surface area contributed by atoms with Crippen molar-refractivity contribution in [2.75, 3.05) is 18.5 Å². The third kappa shape index (κ3) is 4.90. The van der Waals surface area contributed by atoms with E-state index in [1.54, 1.807) is 6.07 Å². The molecular formula is C17H19ClN2OS. The molecule has 0 spiro atoms. The summed E-state index contributed by atoms with van der Waals surface area (Å²) in [6.07, 6.45) is 0. The van der Waals surface area contributed by atoms with E-state index in [4.69, 9.17) is 28.6 Å². The van der Waals surface area contributed by atoms with Gasteiger partial charge in [0.05, 0.1) is 11.6 Å². The molecule has 0 unspecified atom stereocenters. The Hall–Kier alpha value is -1.78. The molecule has 0 aliphatic carbocycles. The van der Waals surface area contributed by atoms with Crippen LogP contribution in [0.1, 0.15) is 11.1 Å². The lowest BCUT2D eigenvalue weighted by Crippen LogP contribution is -2.32. The van der Waals surface area contributed by atoms with Crippen molar-refractivity contribution in [3.8, 4) is 5.75 Å². The van der Waals surface area contributed by atoms with Gasteiger partial charge >= 0.3 is 0 Å². The van der Waals surface area contributed by atoms with Crippen LogP contribution in [0.2, 0.25) is 5.02 Å². The molecule has 0 fully saturated rings.